The second kappa shape index (κ2) is 6.92. The number of amides is 1. The minimum Gasteiger partial charge on any atom is -0.481 e. The van der Waals surface area contributed by atoms with Crippen molar-refractivity contribution in [2.45, 2.75) is 26.7 Å². The van der Waals surface area contributed by atoms with Crippen LogP contribution in [0.15, 0.2) is 24.3 Å². The van der Waals surface area contributed by atoms with Gasteiger partial charge in [-0.25, -0.2) is 0 Å². The molecule has 1 rings (SSSR count). The van der Waals surface area contributed by atoms with Gasteiger partial charge in [0.1, 0.15) is 0 Å². The smallest absolute Gasteiger partial charge is 0.308 e. The summed E-state index contributed by atoms with van der Waals surface area (Å²) in [5.74, 6) is -1.43. The second-order valence-corrected chi connectivity index (χ2v) is 5.00. The third-order valence-electron chi connectivity index (χ3n) is 3.11. The number of carbonyl (C=O) groups excluding carboxylic acids is 1. The normalized spacial score (nSPS) is 11.9. The van der Waals surface area contributed by atoms with Gasteiger partial charge in [0, 0.05) is 20.0 Å². The second-order valence-electron chi connectivity index (χ2n) is 5.00. The van der Waals surface area contributed by atoms with Crippen molar-refractivity contribution in [1.29, 1.82) is 0 Å². The predicted octanol–water partition coefficient (Wildman–Crippen LogP) is 2.11. The van der Waals surface area contributed by atoms with Gasteiger partial charge in [0.15, 0.2) is 0 Å². The fourth-order valence-electron chi connectivity index (χ4n) is 1.90. The molecule has 0 saturated heterocycles. The van der Waals surface area contributed by atoms with E-state index in [1.54, 1.807) is 14.0 Å². The van der Waals surface area contributed by atoms with Crippen LogP contribution in [0.3, 0.4) is 0 Å². The number of hydrogen-bond acceptors (Lipinski definition) is 2. The molecule has 1 unspecified atom stereocenters. The molecule has 0 spiro atoms. The van der Waals surface area contributed by atoms with Crippen LogP contribution in [0, 0.1) is 12.8 Å². The van der Waals surface area contributed by atoms with E-state index in [0.717, 1.165) is 5.56 Å². The first-order valence-electron chi connectivity index (χ1n) is 6.42. The lowest BCUT2D eigenvalue weighted by Gasteiger charge is -2.19. The van der Waals surface area contributed by atoms with Gasteiger partial charge in [-0.05, 0) is 18.9 Å². The number of nitrogens with zero attached hydrogens (tertiary/aromatic N) is 1. The van der Waals surface area contributed by atoms with Crippen LogP contribution in [0.5, 0.6) is 0 Å². The van der Waals surface area contributed by atoms with Crippen molar-refractivity contribution in [3.05, 3.63) is 35.4 Å². The lowest BCUT2D eigenvalue weighted by atomic mass is 10.1. The molecule has 0 aliphatic rings. The molecule has 0 aromatic heterocycles. The molecule has 104 valence electrons. The summed E-state index contributed by atoms with van der Waals surface area (Å²) in [5.41, 5.74) is 2.31. The molecule has 1 amide bonds. The van der Waals surface area contributed by atoms with E-state index in [1.807, 2.05) is 25.1 Å². The highest BCUT2D eigenvalue weighted by molar-refractivity contribution is 5.77. The van der Waals surface area contributed by atoms with Gasteiger partial charge in [0.05, 0.1) is 5.92 Å². The topological polar surface area (TPSA) is 57.6 Å². The van der Waals surface area contributed by atoms with Crippen molar-refractivity contribution in [3.63, 3.8) is 0 Å². The van der Waals surface area contributed by atoms with Gasteiger partial charge >= 0.3 is 5.97 Å². The van der Waals surface area contributed by atoms with E-state index in [-0.39, 0.29) is 12.5 Å². The molecule has 0 radical (unpaired) electrons. The number of carboxylic acid groups (broad SMARTS) is 1. The summed E-state index contributed by atoms with van der Waals surface area (Å²) in [5, 5.41) is 8.81. The molecule has 4 heteroatoms. The predicted molar refractivity (Wildman–Crippen MR) is 73.9 cm³/mol. The molecule has 0 aliphatic carbocycles. The van der Waals surface area contributed by atoms with E-state index in [9.17, 15) is 9.59 Å². The maximum absolute atomic E-state index is 11.9. The summed E-state index contributed by atoms with van der Waals surface area (Å²) in [6, 6.07) is 8.06. The number of hydrogen-bond donors (Lipinski definition) is 1. The molecule has 19 heavy (non-hydrogen) atoms. The molecular formula is C15H21NO3. The molecule has 1 aromatic carbocycles. The van der Waals surface area contributed by atoms with Gasteiger partial charge in [-0.3, -0.25) is 9.59 Å². The van der Waals surface area contributed by atoms with Gasteiger partial charge < -0.3 is 10.0 Å². The zero-order valence-corrected chi connectivity index (χ0v) is 11.7. The molecule has 0 fully saturated rings. The molecular weight excluding hydrogens is 242 g/mol. The number of carboxylic acids is 1. The molecule has 1 atom stereocenters. The summed E-state index contributed by atoms with van der Waals surface area (Å²) in [7, 11) is 1.65. The van der Waals surface area contributed by atoms with Crippen LogP contribution in [0.2, 0.25) is 0 Å². The minimum absolute atomic E-state index is 0.0189. The van der Waals surface area contributed by atoms with Gasteiger partial charge in [0.2, 0.25) is 5.91 Å². The standard InChI is InChI=1S/C15H21NO3/c1-11-5-4-6-13(9-11)7-8-14(17)16(3)10-12(2)15(18)19/h4-6,9,12H,7-8,10H2,1-3H3,(H,18,19). The van der Waals surface area contributed by atoms with Crippen LogP contribution in [0.1, 0.15) is 24.5 Å². The first kappa shape index (κ1) is 15.2. The zero-order valence-electron chi connectivity index (χ0n) is 11.7. The molecule has 0 aliphatic heterocycles. The van der Waals surface area contributed by atoms with Crippen LogP contribution in [-0.2, 0) is 16.0 Å². The van der Waals surface area contributed by atoms with E-state index in [4.69, 9.17) is 5.11 Å². The summed E-state index contributed by atoms with van der Waals surface area (Å²) < 4.78 is 0. The molecule has 1 aromatic rings. The Hall–Kier alpha value is -1.84. The highest BCUT2D eigenvalue weighted by atomic mass is 16.4. The summed E-state index contributed by atoms with van der Waals surface area (Å²) in [4.78, 5) is 24.1. The molecule has 0 heterocycles. The lowest BCUT2D eigenvalue weighted by Crippen LogP contribution is -2.33. The Morgan fingerprint density at radius 3 is 2.63 bits per heavy atom. The van der Waals surface area contributed by atoms with Crippen LogP contribution >= 0.6 is 0 Å². The maximum atomic E-state index is 11.9. The highest BCUT2D eigenvalue weighted by Crippen LogP contribution is 2.08. The Morgan fingerprint density at radius 1 is 1.37 bits per heavy atom. The van der Waals surface area contributed by atoms with E-state index < -0.39 is 11.9 Å². The van der Waals surface area contributed by atoms with Crippen molar-refractivity contribution >= 4 is 11.9 Å². The third-order valence-corrected chi connectivity index (χ3v) is 3.11. The van der Waals surface area contributed by atoms with E-state index in [0.29, 0.717) is 12.8 Å². The van der Waals surface area contributed by atoms with Crippen molar-refractivity contribution in [3.8, 4) is 0 Å². The van der Waals surface area contributed by atoms with E-state index in [2.05, 4.69) is 6.07 Å². The van der Waals surface area contributed by atoms with Crippen molar-refractivity contribution in [2.75, 3.05) is 13.6 Å². The molecule has 0 bridgehead atoms. The van der Waals surface area contributed by atoms with Gasteiger partial charge in [-0.1, -0.05) is 36.8 Å². The third kappa shape index (κ3) is 5.12. The fraction of sp³-hybridized carbons (Fsp3) is 0.467. The largest absolute Gasteiger partial charge is 0.481 e. The molecule has 1 N–H and O–H groups in total. The number of carbonyl (C=O) groups is 2. The van der Waals surface area contributed by atoms with Crippen molar-refractivity contribution in [1.82, 2.24) is 4.90 Å². The Balaban J connectivity index is 2.44. The van der Waals surface area contributed by atoms with Crippen LogP contribution in [0.25, 0.3) is 0 Å². The lowest BCUT2D eigenvalue weighted by molar-refractivity contribution is -0.142. The van der Waals surface area contributed by atoms with Crippen LogP contribution in [-0.4, -0.2) is 35.5 Å². The monoisotopic (exact) mass is 263 g/mol. The van der Waals surface area contributed by atoms with Crippen molar-refractivity contribution in [2.24, 2.45) is 5.92 Å². The van der Waals surface area contributed by atoms with Gasteiger partial charge in [0.25, 0.3) is 0 Å². The van der Waals surface area contributed by atoms with Gasteiger partial charge in [-0.15, -0.1) is 0 Å². The Morgan fingerprint density at radius 2 is 2.05 bits per heavy atom. The van der Waals surface area contributed by atoms with E-state index in [1.165, 1.54) is 10.5 Å². The molecule has 4 nitrogen and oxygen atoms in total. The Labute approximate surface area is 114 Å². The average Bonchev–Trinajstić information content (AvgIpc) is 2.35. The summed E-state index contributed by atoms with van der Waals surface area (Å²) >= 11 is 0. The fourth-order valence-corrected chi connectivity index (χ4v) is 1.90. The Bertz CT molecular complexity index is 456. The van der Waals surface area contributed by atoms with Crippen LogP contribution < -0.4 is 0 Å². The minimum atomic E-state index is -0.877. The number of benzene rings is 1. The highest BCUT2D eigenvalue weighted by Gasteiger charge is 2.17. The zero-order chi connectivity index (χ0) is 14.4. The summed E-state index contributed by atoms with van der Waals surface area (Å²) in [6.45, 7) is 3.88. The first-order valence-corrected chi connectivity index (χ1v) is 6.42. The quantitative estimate of drug-likeness (QED) is 0.855. The number of aryl methyl sites for hydroxylation is 2. The average molecular weight is 263 g/mol. The van der Waals surface area contributed by atoms with E-state index >= 15 is 0 Å². The number of aliphatic carboxylic acids is 1. The number of rotatable bonds is 6. The summed E-state index contributed by atoms with van der Waals surface area (Å²) in [6.07, 6.45) is 1.10. The maximum Gasteiger partial charge on any atom is 0.308 e. The van der Waals surface area contributed by atoms with Gasteiger partial charge in [-0.2, -0.15) is 0 Å². The SMILES string of the molecule is Cc1cccc(CCC(=O)N(C)CC(C)C(=O)O)c1. The molecule has 0 saturated carbocycles. The van der Waals surface area contributed by atoms with Crippen molar-refractivity contribution < 1.29 is 14.7 Å². The van der Waals surface area contributed by atoms with Crippen LogP contribution in [0.4, 0.5) is 0 Å². The first-order chi connectivity index (χ1) is 8.90. The Kier molecular flexibility index (Phi) is 5.55.